The number of methoxy groups -OCH3 is 1. The Hall–Kier alpha value is -3.44. The van der Waals surface area contributed by atoms with Crippen molar-refractivity contribution >= 4 is 16.9 Å². The van der Waals surface area contributed by atoms with E-state index in [9.17, 15) is 35.1 Å². The number of fused-ring (bicyclic) bond motifs is 1. The van der Waals surface area contributed by atoms with E-state index in [1.54, 1.807) is 0 Å². The lowest BCUT2D eigenvalue weighted by Crippen LogP contribution is -2.56. The lowest BCUT2D eigenvalue weighted by molar-refractivity contribution is -0.231. The Bertz CT molecular complexity index is 1220. The second-order valence-electron chi connectivity index (χ2n) is 7.37. The molecule has 1 aliphatic heterocycles. The standard InChI is InChI=1S/C22H20O10/c1-30-22(29)21-18(28)16(26)17(27)20(32-21)14-13(24)7-6-11-15(25)12(8-31-19(11)14)9-2-4-10(23)5-3-9/h2-8,16-18,20-21,23-24,26-28H,1H3/t16-,17-,18+,20+,21+/m1/s1. The van der Waals surface area contributed by atoms with Crippen LogP contribution in [-0.4, -0.2) is 63.0 Å². The summed E-state index contributed by atoms with van der Waals surface area (Å²) in [6.07, 6.45) is -7.37. The minimum absolute atomic E-state index is 0.0236. The topological polar surface area (TPSA) is 167 Å². The number of benzene rings is 2. The van der Waals surface area contributed by atoms with Crippen molar-refractivity contribution in [1.29, 1.82) is 0 Å². The Labute approximate surface area is 180 Å². The summed E-state index contributed by atoms with van der Waals surface area (Å²) >= 11 is 0. The third-order valence-electron chi connectivity index (χ3n) is 5.47. The van der Waals surface area contributed by atoms with Gasteiger partial charge in [-0.15, -0.1) is 0 Å². The second-order valence-corrected chi connectivity index (χ2v) is 7.37. The van der Waals surface area contributed by atoms with Gasteiger partial charge in [0.1, 0.15) is 47.8 Å². The third kappa shape index (κ3) is 3.49. The van der Waals surface area contributed by atoms with Gasteiger partial charge in [-0.1, -0.05) is 12.1 Å². The molecule has 168 valence electrons. The first-order valence-electron chi connectivity index (χ1n) is 9.59. The number of phenolic OH excluding ortho intramolecular Hbond substituents is 2. The van der Waals surface area contributed by atoms with Gasteiger partial charge in [-0.25, -0.2) is 4.79 Å². The monoisotopic (exact) mass is 444 g/mol. The van der Waals surface area contributed by atoms with Crippen LogP contribution in [0.15, 0.2) is 51.9 Å². The molecule has 0 radical (unpaired) electrons. The van der Waals surface area contributed by atoms with Crippen LogP contribution >= 0.6 is 0 Å². The van der Waals surface area contributed by atoms with E-state index in [0.717, 1.165) is 13.4 Å². The van der Waals surface area contributed by atoms with Gasteiger partial charge in [0.05, 0.1) is 23.6 Å². The van der Waals surface area contributed by atoms with Gasteiger partial charge in [0.2, 0.25) is 5.43 Å². The number of aliphatic hydroxyl groups excluding tert-OH is 3. The fourth-order valence-electron chi connectivity index (χ4n) is 3.76. The van der Waals surface area contributed by atoms with Gasteiger partial charge in [-0.3, -0.25) is 4.79 Å². The normalized spacial score (nSPS) is 25.6. The quantitative estimate of drug-likeness (QED) is 0.360. The molecule has 10 nitrogen and oxygen atoms in total. The molecule has 0 unspecified atom stereocenters. The molecule has 1 aliphatic rings. The van der Waals surface area contributed by atoms with Crippen LogP contribution in [0.4, 0.5) is 0 Å². The van der Waals surface area contributed by atoms with Gasteiger partial charge < -0.3 is 39.4 Å². The molecule has 10 heteroatoms. The van der Waals surface area contributed by atoms with E-state index in [2.05, 4.69) is 4.74 Å². The van der Waals surface area contributed by atoms with E-state index < -0.39 is 47.7 Å². The number of phenols is 2. The van der Waals surface area contributed by atoms with Crippen LogP contribution in [0.25, 0.3) is 22.1 Å². The van der Waals surface area contributed by atoms with E-state index in [-0.39, 0.29) is 27.8 Å². The van der Waals surface area contributed by atoms with E-state index in [1.165, 1.54) is 36.4 Å². The van der Waals surface area contributed by atoms with Crippen molar-refractivity contribution in [2.45, 2.75) is 30.5 Å². The largest absolute Gasteiger partial charge is 0.508 e. The maximum absolute atomic E-state index is 13.1. The summed E-state index contributed by atoms with van der Waals surface area (Å²) in [7, 11) is 1.06. The molecule has 2 aromatic carbocycles. The van der Waals surface area contributed by atoms with Crippen LogP contribution < -0.4 is 5.43 Å². The van der Waals surface area contributed by atoms with Crippen LogP contribution in [-0.2, 0) is 14.3 Å². The summed E-state index contributed by atoms with van der Waals surface area (Å²) in [5, 5.41) is 50.8. The molecule has 0 aliphatic carbocycles. The van der Waals surface area contributed by atoms with E-state index in [4.69, 9.17) is 9.15 Å². The average molecular weight is 444 g/mol. The highest BCUT2D eigenvalue weighted by molar-refractivity contribution is 5.86. The fourth-order valence-corrected chi connectivity index (χ4v) is 3.76. The molecule has 4 rings (SSSR count). The fraction of sp³-hybridized carbons (Fsp3) is 0.273. The van der Waals surface area contributed by atoms with Gasteiger partial charge in [-0.2, -0.15) is 0 Å². The minimum Gasteiger partial charge on any atom is -0.508 e. The molecule has 3 aromatic rings. The zero-order valence-corrected chi connectivity index (χ0v) is 16.7. The molecule has 1 fully saturated rings. The molecular weight excluding hydrogens is 424 g/mol. The van der Waals surface area contributed by atoms with Gasteiger partial charge in [0, 0.05) is 0 Å². The maximum atomic E-state index is 13.1. The zero-order chi connectivity index (χ0) is 23.2. The molecule has 0 amide bonds. The highest BCUT2D eigenvalue weighted by Crippen LogP contribution is 2.40. The Morgan fingerprint density at radius 1 is 0.969 bits per heavy atom. The second kappa shape index (κ2) is 8.24. The smallest absolute Gasteiger partial charge is 0.337 e. The number of rotatable bonds is 3. The van der Waals surface area contributed by atoms with Crippen molar-refractivity contribution in [3.63, 3.8) is 0 Å². The summed E-state index contributed by atoms with van der Waals surface area (Å²) in [4.78, 5) is 25.1. The first-order valence-corrected chi connectivity index (χ1v) is 9.59. The lowest BCUT2D eigenvalue weighted by atomic mass is 9.89. The van der Waals surface area contributed by atoms with Crippen LogP contribution in [0.5, 0.6) is 11.5 Å². The van der Waals surface area contributed by atoms with Crippen molar-refractivity contribution in [3.8, 4) is 22.6 Å². The molecule has 5 atom stereocenters. The van der Waals surface area contributed by atoms with Gasteiger partial charge >= 0.3 is 5.97 Å². The van der Waals surface area contributed by atoms with E-state index >= 15 is 0 Å². The lowest BCUT2D eigenvalue weighted by Gasteiger charge is -2.39. The Morgan fingerprint density at radius 3 is 2.31 bits per heavy atom. The summed E-state index contributed by atoms with van der Waals surface area (Å²) in [5.41, 5.74) is -0.111. The minimum atomic E-state index is -1.81. The van der Waals surface area contributed by atoms with Crippen molar-refractivity contribution < 1.29 is 44.2 Å². The van der Waals surface area contributed by atoms with Crippen molar-refractivity contribution in [2.75, 3.05) is 7.11 Å². The number of hydrogen-bond donors (Lipinski definition) is 5. The van der Waals surface area contributed by atoms with Crippen LogP contribution in [0.1, 0.15) is 11.7 Å². The summed E-state index contributed by atoms with van der Waals surface area (Å²) < 4.78 is 15.7. The molecule has 32 heavy (non-hydrogen) atoms. The predicted octanol–water partition coefficient (Wildman–Crippen LogP) is 0.567. The van der Waals surface area contributed by atoms with Crippen molar-refractivity contribution in [3.05, 3.63) is 58.4 Å². The van der Waals surface area contributed by atoms with Gasteiger partial charge in [0.15, 0.2) is 6.10 Å². The molecule has 0 saturated carbocycles. The maximum Gasteiger partial charge on any atom is 0.337 e. The van der Waals surface area contributed by atoms with E-state index in [0.29, 0.717) is 5.56 Å². The number of hydrogen-bond acceptors (Lipinski definition) is 10. The third-order valence-corrected chi connectivity index (χ3v) is 5.47. The van der Waals surface area contributed by atoms with Crippen molar-refractivity contribution in [2.24, 2.45) is 0 Å². The molecule has 0 spiro atoms. The molecular formula is C22H20O10. The number of aromatic hydroxyl groups is 2. The molecule has 1 saturated heterocycles. The summed E-state index contributed by atoms with van der Waals surface area (Å²) in [6.45, 7) is 0. The molecule has 0 bridgehead atoms. The number of aliphatic hydroxyl groups is 3. The summed E-state index contributed by atoms with van der Waals surface area (Å²) in [5.74, 6) is -1.39. The highest BCUT2D eigenvalue weighted by atomic mass is 16.6. The molecule has 1 aromatic heterocycles. The molecule has 2 heterocycles. The first kappa shape index (κ1) is 21.8. The SMILES string of the molecule is COC(=O)[C@H]1O[C@@H](c2c(O)ccc3c(=O)c(-c4ccc(O)cc4)coc23)[C@H](O)[C@@H](O)[C@@H]1O. The number of esters is 1. The number of ether oxygens (including phenoxy) is 2. The average Bonchev–Trinajstić information content (AvgIpc) is 2.79. The first-order chi connectivity index (χ1) is 15.2. The summed E-state index contributed by atoms with van der Waals surface area (Å²) in [6, 6.07) is 8.39. The van der Waals surface area contributed by atoms with Crippen LogP contribution in [0.2, 0.25) is 0 Å². The zero-order valence-electron chi connectivity index (χ0n) is 16.7. The Morgan fingerprint density at radius 2 is 1.66 bits per heavy atom. The van der Waals surface area contributed by atoms with Crippen molar-refractivity contribution in [1.82, 2.24) is 0 Å². The van der Waals surface area contributed by atoms with Crippen LogP contribution in [0.3, 0.4) is 0 Å². The number of carbonyl (C=O) groups excluding carboxylic acids is 1. The Balaban J connectivity index is 1.86. The number of carbonyl (C=O) groups is 1. The molecule has 5 N–H and O–H groups in total. The van der Waals surface area contributed by atoms with Gasteiger partial charge in [-0.05, 0) is 29.8 Å². The predicted molar refractivity (Wildman–Crippen MR) is 109 cm³/mol. The van der Waals surface area contributed by atoms with E-state index in [1.807, 2.05) is 0 Å². The van der Waals surface area contributed by atoms with Gasteiger partial charge in [0.25, 0.3) is 0 Å². The highest BCUT2D eigenvalue weighted by Gasteiger charge is 2.49. The Kier molecular flexibility index (Phi) is 5.61. The van der Waals surface area contributed by atoms with Crippen LogP contribution in [0, 0.1) is 0 Å².